The van der Waals surface area contributed by atoms with Crippen molar-refractivity contribution in [1.29, 1.82) is 0 Å². The van der Waals surface area contributed by atoms with E-state index < -0.39 is 5.67 Å². The minimum Gasteiger partial charge on any atom is -0.423 e. The molecule has 0 bridgehead atoms. The molecule has 2 heterocycles. The Kier molecular flexibility index (Phi) is 2.41. The van der Waals surface area contributed by atoms with E-state index in [0.29, 0.717) is 22.8 Å². The van der Waals surface area contributed by atoms with Crippen LogP contribution in [0.25, 0.3) is 11.1 Å². The smallest absolute Gasteiger partial charge is 0.298 e. The second-order valence-electron chi connectivity index (χ2n) is 4.72. The van der Waals surface area contributed by atoms with Gasteiger partial charge in [-0.15, -0.1) is 0 Å². The molecule has 2 aromatic rings. The van der Waals surface area contributed by atoms with E-state index in [9.17, 15) is 4.39 Å². The Bertz CT molecular complexity index is 580. The number of alkyl halides is 1. The average molecular weight is 251 g/mol. The number of halogens is 1. The molecule has 0 saturated carbocycles. The summed E-state index contributed by atoms with van der Waals surface area (Å²) in [5, 5.41) is 0. The van der Waals surface area contributed by atoms with Crippen molar-refractivity contribution in [1.82, 2.24) is 4.98 Å². The Morgan fingerprint density at radius 3 is 2.94 bits per heavy atom. The van der Waals surface area contributed by atoms with E-state index in [0.717, 1.165) is 0 Å². The maximum absolute atomic E-state index is 13.9. The lowest BCUT2D eigenvalue weighted by molar-refractivity contribution is -0.123. The fourth-order valence-corrected chi connectivity index (χ4v) is 2.00. The molecule has 0 unspecified atom stereocenters. The first-order chi connectivity index (χ1) is 8.56. The largest absolute Gasteiger partial charge is 0.423 e. The second kappa shape index (κ2) is 3.84. The highest BCUT2D eigenvalue weighted by Gasteiger charge is 2.40. The summed E-state index contributed by atoms with van der Waals surface area (Å²) in [5.74, 6) is 0. The van der Waals surface area contributed by atoms with Crippen LogP contribution in [0.2, 0.25) is 0 Å². The minimum atomic E-state index is -1.30. The van der Waals surface area contributed by atoms with Gasteiger partial charge in [0.25, 0.3) is 6.01 Å². The number of benzene rings is 1. The molecule has 18 heavy (non-hydrogen) atoms. The molecule has 3 rings (SSSR count). The normalized spacial score (nSPS) is 17.7. The van der Waals surface area contributed by atoms with Gasteiger partial charge in [-0.1, -0.05) is 0 Å². The van der Waals surface area contributed by atoms with Crippen LogP contribution in [0.1, 0.15) is 0 Å². The second-order valence-corrected chi connectivity index (χ2v) is 4.72. The lowest BCUT2D eigenvalue weighted by Crippen LogP contribution is -2.53. The van der Waals surface area contributed by atoms with Crippen molar-refractivity contribution >= 4 is 22.8 Å². The molecular weight excluding hydrogens is 237 g/mol. The summed E-state index contributed by atoms with van der Waals surface area (Å²) in [7, 11) is 1.74. The SMILES string of the molecule is CN(CC1(F)COC1)c1nc2cc(N)ccc2o1. The Morgan fingerprint density at radius 1 is 1.50 bits per heavy atom. The Labute approximate surface area is 103 Å². The molecule has 1 aromatic heterocycles. The van der Waals surface area contributed by atoms with E-state index in [-0.39, 0.29) is 19.8 Å². The lowest BCUT2D eigenvalue weighted by Gasteiger charge is -2.36. The zero-order valence-electron chi connectivity index (χ0n) is 10.0. The van der Waals surface area contributed by atoms with Crippen LogP contribution >= 0.6 is 0 Å². The summed E-state index contributed by atoms with van der Waals surface area (Å²) >= 11 is 0. The number of nitrogens with two attached hydrogens (primary N) is 1. The summed E-state index contributed by atoms with van der Waals surface area (Å²) in [6, 6.07) is 5.62. The predicted molar refractivity (Wildman–Crippen MR) is 66.3 cm³/mol. The van der Waals surface area contributed by atoms with E-state index in [1.165, 1.54) is 0 Å². The first-order valence-corrected chi connectivity index (χ1v) is 5.70. The van der Waals surface area contributed by atoms with Crippen LogP contribution < -0.4 is 10.6 Å². The molecular formula is C12H14FN3O2. The number of hydrogen-bond donors (Lipinski definition) is 1. The topological polar surface area (TPSA) is 64.5 Å². The van der Waals surface area contributed by atoms with Crippen LogP contribution in [0.3, 0.4) is 0 Å². The highest BCUT2D eigenvalue weighted by molar-refractivity contribution is 5.78. The van der Waals surface area contributed by atoms with E-state index in [2.05, 4.69) is 4.98 Å². The maximum Gasteiger partial charge on any atom is 0.298 e. The number of nitrogen functional groups attached to an aromatic ring is 1. The van der Waals surface area contributed by atoms with Gasteiger partial charge in [-0.3, -0.25) is 0 Å². The Morgan fingerprint density at radius 2 is 2.28 bits per heavy atom. The van der Waals surface area contributed by atoms with Crippen molar-refractivity contribution in [2.24, 2.45) is 0 Å². The Hall–Kier alpha value is -1.82. The van der Waals surface area contributed by atoms with Gasteiger partial charge in [-0.05, 0) is 18.2 Å². The van der Waals surface area contributed by atoms with Gasteiger partial charge in [0.2, 0.25) is 0 Å². The first kappa shape index (κ1) is 11.3. The molecule has 5 nitrogen and oxygen atoms in total. The van der Waals surface area contributed by atoms with E-state index >= 15 is 0 Å². The summed E-state index contributed by atoms with van der Waals surface area (Å²) in [6.07, 6.45) is 0. The molecule has 6 heteroatoms. The van der Waals surface area contributed by atoms with Crippen LogP contribution in [0, 0.1) is 0 Å². The molecule has 1 aromatic carbocycles. The molecule has 1 aliphatic heterocycles. The molecule has 0 aliphatic carbocycles. The standard InChI is InChI=1S/C12H14FN3O2/c1-16(5-12(13)6-17-7-12)11-15-9-4-8(14)2-3-10(9)18-11/h2-4H,5-7,14H2,1H3. The summed E-state index contributed by atoms with van der Waals surface area (Å²) in [5.41, 5.74) is 6.32. The van der Waals surface area contributed by atoms with Gasteiger partial charge in [-0.25, -0.2) is 4.39 Å². The Balaban J connectivity index is 1.84. The van der Waals surface area contributed by atoms with Crippen molar-refractivity contribution in [3.63, 3.8) is 0 Å². The van der Waals surface area contributed by atoms with Crippen molar-refractivity contribution in [2.75, 3.05) is 37.4 Å². The zero-order chi connectivity index (χ0) is 12.8. The van der Waals surface area contributed by atoms with Gasteiger partial charge in [0, 0.05) is 12.7 Å². The van der Waals surface area contributed by atoms with Gasteiger partial charge in [0.05, 0.1) is 19.8 Å². The van der Waals surface area contributed by atoms with Gasteiger partial charge in [0.1, 0.15) is 5.52 Å². The number of oxazole rings is 1. The molecule has 1 aliphatic rings. The number of anilines is 2. The third-order valence-corrected chi connectivity index (χ3v) is 2.97. The van der Waals surface area contributed by atoms with Crippen LogP contribution in [0.15, 0.2) is 22.6 Å². The number of ether oxygens (including phenoxy) is 1. The highest BCUT2D eigenvalue weighted by atomic mass is 19.1. The van der Waals surface area contributed by atoms with E-state index in [1.807, 2.05) is 0 Å². The molecule has 96 valence electrons. The van der Waals surface area contributed by atoms with Crippen LogP contribution in [0.5, 0.6) is 0 Å². The van der Waals surface area contributed by atoms with Crippen molar-refractivity contribution in [2.45, 2.75) is 5.67 Å². The van der Waals surface area contributed by atoms with Gasteiger partial charge >= 0.3 is 0 Å². The van der Waals surface area contributed by atoms with Crippen LogP contribution in [-0.2, 0) is 4.74 Å². The van der Waals surface area contributed by atoms with Crippen molar-refractivity contribution in [3.05, 3.63) is 18.2 Å². The molecule has 0 radical (unpaired) electrons. The monoisotopic (exact) mass is 251 g/mol. The zero-order valence-corrected chi connectivity index (χ0v) is 10.0. The number of hydrogen-bond acceptors (Lipinski definition) is 5. The molecule has 0 amide bonds. The lowest BCUT2D eigenvalue weighted by atomic mass is 10.1. The molecule has 0 spiro atoms. The quantitative estimate of drug-likeness (QED) is 0.839. The summed E-state index contributed by atoms with van der Waals surface area (Å²) < 4.78 is 24.3. The summed E-state index contributed by atoms with van der Waals surface area (Å²) in [4.78, 5) is 5.94. The van der Waals surface area contributed by atoms with Gasteiger partial charge < -0.3 is 19.8 Å². The molecule has 1 saturated heterocycles. The summed E-state index contributed by atoms with van der Waals surface area (Å²) in [6.45, 7) is 0.463. The van der Waals surface area contributed by atoms with Gasteiger partial charge in [0.15, 0.2) is 11.3 Å². The van der Waals surface area contributed by atoms with E-state index in [4.69, 9.17) is 14.9 Å². The number of nitrogens with zero attached hydrogens (tertiary/aromatic N) is 2. The highest BCUT2D eigenvalue weighted by Crippen LogP contribution is 2.27. The van der Waals surface area contributed by atoms with E-state index in [1.54, 1.807) is 30.1 Å². The number of fused-ring (bicyclic) bond motifs is 1. The molecule has 1 fully saturated rings. The fraction of sp³-hybridized carbons (Fsp3) is 0.417. The molecule has 0 atom stereocenters. The third kappa shape index (κ3) is 1.88. The predicted octanol–water partition coefficient (Wildman–Crippen LogP) is 1.58. The maximum atomic E-state index is 13.9. The van der Waals surface area contributed by atoms with Crippen LogP contribution in [-0.4, -0.2) is 37.5 Å². The van der Waals surface area contributed by atoms with Gasteiger partial charge in [-0.2, -0.15) is 4.98 Å². The third-order valence-electron chi connectivity index (χ3n) is 2.97. The number of aromatic nitrogens is 1. The molecule has 2 N–H and O–H groups in total. The first-order valence-electron chi connectivity index (χ1n) is 5.70. The van der Waals surface area contributed by atoms with Crippen molar-refractivity contribution < 1.29 is 13.5 Å². The minimum absolute atomic E-state index is 0.129. The number of rotatable bonds is 3. The fourth-order valence-electron chi connectivity index (χ4n) is 2.00. The van der Waals surface area contributed by atoms with Crippen molar-refractivity contribution in [3.8, 4) is 0 Å². The van der Waals surface area contributed by atoms with Crippen LogP contribution in [0.4, 0.5) is 16.1 Å². The average Bonchev–Trinajstić information content (AvgIpc) is 2.69.